The van der Waals surface area contributed by atoms with Crippen LogP contribution in [-0.2, 0) is 16.6 Å². The summed E-state index contributed by atoms with van der Waals surface area (Å²) < 4.78 is 36.3. The Morgan fingerprint density at radius 2 is 1.94 bits per heavy atom. The summed E-state index contributed by atoms with van der Waals surface area (Å²) >= 11 is 0. The van der Waals surface area contributed by atoms with Gasteiger partial charge in [-0.2, -0.15) is 0 Å². The number of methoxy groups -OCH3 is 2. The first kappa shape index (κ1) is 14.7. The van der Waals surface area contributed by atoms with E-state index < -0.39 is 10.0 Å². The first-order valence-electron chi connectivity index (χ1n) is 5.35. The van der Waals surface area contributed by atoms with Crippen LogP contribution < -0.4 is 14.2 Å². The van der Waals surface area contributed by atoms with Crippen LogP contribution in [0.1, 0.15) is 12.5 Å². The number of ether oxygens (including phenoxy) is 2. The number of rotatable bonds is 6. The van der Waals surface area contributed by atoms with Gasteiger partial charge in [0, 0.05) is 18.2 Å². The van der Waals surface area contributed by atoms with Gasteiger partial charge in [-0.3, -0.25) is 0 Å². The van der Waals surface area contributed by atoms with Crippen molar-refractivity contribution in [1.29, 1.82) is 0 Å². The summed E-state index contributed by atoms with van der Waals surface area (Å²) in [7, 11) is -0.766. The third-order valence-electron chi connectivity index (χ3n) is 2.34. The van der Waals surface area contributed by atoms with Gasteiger partial charge in [0.15, 0.2) is 11.5 Å². The van der Waals surface area contributed by atoms with Crippen LogP contribution in [0.3, 0.4) is 0 Å². The minimum absolute atomic E-state index is 0.0334. The Labute approximate surface area is 107 Å². The molecule has 6 nitrogen and oxygen atoms in total. The normalized spacial score (nSPS) is 11.3. The van der Waals surface area contributed by atoms with Gasteiger partial charge in [0.05, 0.1) is 25.7 Å². The highest BCUT2D eigenvalue weighted by molar-refractivity contribution is 7.89. The number of benzene rings is 1. The second-order valence-electron chi connectivity index (χ2n) is 3.48. The van der Waals surface area contributed by atoms with Crippen LogP contribution in [0, 0.1) is 0 Å². The third-order valence-corrected chi connectivity index (χ3v) is 3.87. The Hall–Kier alpha value is -1.31. The van der Waals surface area contributed by atoms with E-state index in [2.05, 4.69) is 4.72 Å². The van der Waals surface area contributed by atoms with E-state index in [1.165, 1.54) is 26.4 Å². The minimum atomic E-state index is -3.60. The Bertz CT molecular complexity index is 487. The number of aliphatic hydroxyl groups is 1. The maximum atomic E-state index is 11.9. The Morgan fingerprint density at radius 3 is 2.39 bits per heavy atom. The summed E-state index contributed by atoms with van der Waals surface area (Å²) in [5, 5.41) is 9.24. The second-order valence-corrected chi connectivity index (χ2v) is 5.24. The zero-order valence-electron chi connectivity index (χ0n) is 10.6. The first-order chi connectivity index (χ1) is 8.50. The molecule has 0 saturated heterocycles. The molecule has 0 bridgehead atoms. The van der Waals surface area contributed by atoms with Crippen LogP contribution in [0.25, 0.3) is 0 Å². The van der Waals surface area contributed by atoms with Gasteiger partial charge >= 0.3 is 0 Å². The van der Waals surface area contributed by atoms with E-state index in [-0.39, 0.29) is 23.8 Å². The first-order valence-corrected chi connectivity index (χ1v) is 6.83. The molecule has 0 heterocycles. The smallest absolute Gasteiger partial charge is 0.240 e. The number of nitrogens with one attached hydrogen (secondary N) is 1. The van der Waals surface area contributed by atoms with Gasteiger partial charge in [0.25, 0.3) is 0 Å². The van der Waals surface area contributed by atoms with Crippen molar-refractivity contribution in [2.45, 2.75) is 18.4 Å². The van der Waals surface area contributed by atoms with E-state index in [4.69, 9.17) is 9.47 Å². The molecule has 0 aliphatic heterocycles. The van der Waals surface area contributed by atoms with Crippen molar-refractivity contribution in [3.05, 3.63) is 17.7 Å². The van der Waals surface area contributed by atoms with Crippen molar-refractivity contribution in [3.8, 4) is 11.5 Å². The standard InChI is InChI=1S/C11H17NO5S/c1-4-12-18(14,15)9-5-8(7-13)11(17-3)10(6-9)16-2/h5-6,12-13H,4,7H2,1-3H3. The molecule has 0 spiro atoms. The van der Waals surface area contributed by atoms with Crippen molar-refractivity contribution >= 4 is 10.0 Å². The molecule has 102 valence electrons. The van der Waals surface area contributed by atoms with E-state index >= 15 is 0 Å². The Kier molecular flexibility index (Phi) is 4.94. The van der Waals surface area contributed by atoms with Crippen molar-refractivity contribution in [2.75, 3.05) is 20.8 Å². The van der Waals surface area contributed by atoms with Crippen LogP contribution in [0.15, 0.2) is 17.0 Å². The zero-order valence-corrected chi connectivity index (χ0v) is 11.4. The SMILES string of the molecule is CCNS(=O)(=O)c1cc(CO)c(OC)c(OC)c1. The predicted molar refractivity (Wildman–Crippen MR) is 66.3 cm³/mol. The lowest BCUT2D eigenvalue weighted by Crippen LogP contribution is -2.23. The maximum Gasteiger partial charge on any atom is 0.240 e. The highest BCUT2D eigenvalue weighted by Crippen LogP contribution is 2.34. The summed E-state index contributed by atoms with van der Waals surface area (Å²) in [6.07, 6.45) is 0. The van der Waals surface area contributed by atoms with E-state index in [1.54, 1.807) is 6.92 Å². The average molecular weight is 275 g/mol. The van der Waals surface area contributed by atoms with Gasteiger partial charge in [-0.15, -0.1) is 0 Å². The number of sulfonamides is 1. The van der Waals surface area contributed by atoms with Gasteiger partial charge in [-0.25, -0.2) is 13.1 Å². The van der Waals surface area contributed by atoms with Gasteiger partial charge in [0.2, 0.25) is 10.0 Å². The van der Waals surface area contributed by atoms with Crippen molar-refractivity contribution in [1.82, 2.24) is 4.72 Å². The van der Waals surface area contributed by atoms with Gasteiger partial charge in [-0.05, 0) is 6.07 Å². The molecule has 0 fully saturated rings. The lowest BCUT2D eigenvalue weighted by molar-refractivity contribution is 0.269. The molecule has 18 heavy (non-hydrogen) atoms. The van der Waals surface area contributed by atoms with Gasteiger partial charge in [-0.1, -0.05) is 6.92 Å². The number of hydrogen-bond donors (Lipinski definition) is 2. The largest absolute Gasteiger partial charge is 0.493 e. The molecule has 0 aliphatic rings. The summed E-state index contributed by atoms with van der Waals surface area (Å²) in [5.74, 6) is 0.593. The molecule has 1 aromatic rings. The zero-order chi connectivity index (χ0) is 13.8. The lowest BCUT2D eigenvalue weighted by Gasteiger charge is -2.14. The molecule has 0 unspecified atom stereocenters. The summed E-state index contributed by atoms with van der Waals surface area (Å²) in [5.41, 5.74) is 0.355. The van der Waals surface area contributed by atoms with Crippen molar-refractivity contribution in [2.24, 2.45) is 0 Å². The van der Waals surface area contributed by atoms with Gasteiger partial charge in [0.1, 0.15) is 0 Å². The van der Waals surface area contributed by atoms with E-state index in [0.717, 1.165) is 0 Å². The third kappa shape index (κ3) is 2.92. The highest BCUT2D eigenvalue weighted by Gasteiger charge is 2.19. The number of aliphatic hydroxyl groups excluding tert-OH is 1. The van der Waals surface area contributed by atoms with Crippen LogP contribution in [0.2, 0.25) is 0 Å². The van der Waals surface area contributed by atoms with E-state index in [0.29, 0.717) is 11.3 Å². The number of hydrogen-bond acceptors (Lipinski definition) is 5. The molecule has 1 rings (SSSR count). The summed E-state index contributed by atoms with van der Waals surface area (Å²) in [4.78, 5) is 0.0334. The van der Waals surface area contributed by atoms with Crippen LogP contribution >= 0.6 is 0 Å². The monoisotopic (exact) mass is 275 g/mol. The van der Waals surface area contributed by atoms with Crippen molar-refractivity contribution < 1.29 is 23.0 Å². The maximum absolute atomic E-state index is 11.9. The Morgan fingerprint density at radius 1 is 1.28 bits per heavy atom. The fourth-order valence-corrected chi connectivity index (χ4v) is 2.67. The van der Waals surface area contributed by atoms with E-state index in [9.17, 15) is 13.5 Å². The minimum Gasteiger partial charge on any atom is -0.493 e. The predicted octanol–water partition coefficient (Wildman–Crippen LogP) is 0.494. The molecule has 0 radical (unpaired) electrons. The van der Waals surface area contributed by atoms with Crippen molar-refractivity contribution in [3.63, 3.8) is 0 Å². The van der Waals surface area contributed by atoms with Crippen LogP contribution in [-0.4, -0.2) is 34.3 Å². The molecule has 7 heteroatoms. The fraction of sp³-hybridized carbons (Fsp3) is 0.455. The Balaban J connectivity index is 3.41. The van der Waals surface area contributed by atoms with E-state index in [1.807, 2.05) is 0 Å². The second kappa shape index (κ2) is 6.03. The molecular formula is C11H17NO5S. The topological polar surface area (TPSA) is 84.9 Å². The summed E-state index contributed by atoms with van der Waals surface area (Å²) in [6, 6.07) is 2.72. The molecule has 0 atom stereocenters. The molecule has 0 aliphatic carbocycles. The lowest BCUT2D eigenvalue weighted by atomic mass is 10.2. The molecule has 0 saturated carbocycles. The fourth-order valence-electron chi connectivity index (χ4n) is 1.56. The molecule has 0 amide bonds. The quantitative estimate of drug-likeness (QED) is 0.789. The van der Waals surface area contributed by atoms with Crippen LogP contribution in [0.5, 0.6) is 11.5 Å². The van der Waals surface area contributed by atoms with Gasteiger partial charge < -0.3 is 14.6 Å². The van der Waals surface area contributed by atoms with Crippen LogP contribution in [0.4, 0.5) is 0 Å². The molecule has 0 aromatic heterocycles. The molecule has 1 aromatic carbocycles. The molecular weight excluding hydrogens is 258 g/mol. The summed E-state index contributed by atoms with van der Waals surface area (Å²) in [6.45, 7) is 1.63. The average Bonchev–Trinajstić information content (AvgIpc) is 2.36. The highest BCUT2D eigenvalue weighted by atomic mass is 32.2. The molecule has 2 N–H and O–H groups in total.